The lowest BCUT2D eigenvalue weighted by molar-refractivity contribution is 0.411. The van der Waals surface area contributed by atoms with Crippen molar-refractivity contribution in [3.8, 4) is 45.4 Å². The molecule has 0 saturated carbocycles. The van der Waals surface area contributed by atoms with Crippen LogP contribution in [0.15, 0.2) is 61.2 Å². The molecule has 0 amide bonds. The Balaban J connectivity index is 1.50. The molecular formula is C24H16FN7O2. The van der Waals surface area contributed by atoms with Crippen LogP contribution in [0.4, 0.5) is 4.39 Å². The molecule has 166 valence electrons. The molecule has 9 nitrogen and oxygen atoms in total. The van der Waals surface area contributed by atoms with Crippen LogP contribution in [0.2, 0.25) is 0 Å². The number of aromatic amines is 2. The number of aromatic hydroxyl groups is 1. The Bertz CT molecular complexity index is 1690. The standard InChI is InChI=1S/C24H16FN7O2/c1-34-16-6-12(4-14(25)7-16)17-2-3-27-23-21(17)29-24(30-23)22-18-8-19(28-11-20(18)31-32-22)13-5-15(33)10-26-9-13/h2-11,33H,1H3,(H,31,32)(H,27,29,30). The number of fused-ring (bicyclic) bond motifs is 2. The monoisotopic (exact) mass is 453 g/mol. The Morgan fingerprint density at radius 2 is 1.91 bits per heavy atom. The maximum atomic E-state index is 14.1. The van der Waals surface area contributed by atoms with E-state index in [1.165, 1.54) is 25.4 Å². The maximum absolute atomic E-state index is 14.1. The molecule has 0 unspecified atom stereocenters. The number of H-pyrrole nitrogens is 2. The number of rotatable bonds is 4. The van der Waals surface area contributed by atoms with Gasteiger partial charge in [-0.3, -0.25) is 15.1 Å². The minimum atomic E-state index is -0.404. The first-order valence-corrected chi connectivity index (χ1v) is 10.3. The lowest BCUT2D eigenvalue weighted by atomic mass is 10.1. The maximum Gasteiger partial charge on any atom is 0.178 e. The topological polar surface area (TPSA) is 125 Å². The predicted molar refractivity (Wildman–Crippen MR) is 124 cm³/mol. The summed E-state index contributed by atoms with van der Waals surface area (Å²) in [6.07, 6.45) is 6.27. The number of methoxy groups -OCH3 is 1. The van der Waals surface area contributed by atoms with Gasteiger partial charge in [0.25, 0.3) is 0 Å². The molecule has 3 N–H and O–H groups in total. The molecule has 5 aromatic heterocycles. The van der Waals surface area contributed by atoms with Crippen molar-refractivity contribution in [2.45, 2.75) is 0 Å². The van der Waals surface area contributed by atoms with Gasteiger partial charge in [0.1, 0.15) is 23.0 Å². The van der Waals surface area contributed by atoms with Crippen LogP contribution < -0.4 is 4.74 Å². The van der Waals surface area contributed by atoms with Crippen LogP contribution in [0, 0.1) is 5.82 Å². The second-order valence-corrected chi connectivity index (χ2v) is 7.64. The first-order chi connectivity index (χ1) is 16.6. The van der Waals surface area contributed by atoms with Crippen molar-refractivity contribution < 1.29 is 14.2 Å². The molecule has 5 heterocycles. The van der Waals surface area contributed by atoms with Gasteiger partial charge in [-0.05, 0) is 35.9 Å². The van der Waals surface area contributed by atoms with Gasteiger partial charge in [0.15, 0.2) is 11.5 Å². The summed E-state index contributed by atoms with van der Waals surface area (Å²) in [5.74, 6) is 0.561. The van der Waals surface area contributed by atoms with Crippen LogP contribution >= 0.6 is 0 Å². The van der Waals surface area contributed by atoms with Crippen molar-refractivity contribution in [3.63, 3.8) is 0 Å². The number of hydrogen-bond acceptors (Lipinski definition) is 7. The highest BCUT2D eigenvalue weighted by molar-refractivity contribution is 5.96. The third kappa shape index (κ3) is 3.28. The number of nitrogens with one attached hydrogen (secondary N) is 2. The van der Waals surface area contributed by atoms with Gasteiger partial charge in [-0.2, -0.15) is 5.10 Å². The lowest BCUT2D eigenvalue weighted by Crippen LogP contribution is -1.88. The highest BCUT2D eigenvalue weighted by Crippen LogP contribution is 2.33. The zero-order valence-electron chi connectivity index (χ0n) is 17.7. The molecule has 1 aromatic carbocycles. The molecule has 0 atom stereocenters. The van der Waals surface area contributed by atoms with Crippen molar-refractivity contribution in [2.24, 2.45) is 0 Å². The fourth-order valence-corrected chi connectivity index (χ4v) is 3.92. The van der Waals surface area contributed by atoms with Crippen molar-refractivity contribution in [2.75, 3.05) is 7.11 Å². The first kappa shape index (κ1) is 19.8. The smallest absolute Gasteiger partial charge is 0.178 e. The van der Waals surface area contributed by atoms with E-state index >= 15 is 0 Å². The van der Waals surface area contributed by atoms with E-state index in [4.69, 9.17) is 4.74 Å². The molecule has 0 aliphatic carbocycles. The van der Waals surface area contributed by atoms with E-state index in [1.807, 2.05) is 6.07 Å². The summed E-state index contributed by atoms with van der Waals surface area (Å²) in [5, 5.41) is 17.9. The van der Waals surface area contributed by atoms with Crippen molar-refractivity contribution in [3.05, 3.63) is 67.0 Å². The van der Waals surface area contributed by atoms with E-state index < -0.39 is 5.82 Å². The Kier molecular flexibility index (Phi) is 4.44. The van der Waals surface area contributed by atoms with Crippen molar-refractivity contribution in [1.82, 2.24) is 35.1 Å². The molecule has 10 heteroatoms. The summed E-state index contributed by atoms with van der Waals surface area (Å²) in [4.78, 5) is 20.7. The summed E-state index contributed by atoms with van der Waals surface area (Å²) in [7, 11) is 1.49. The fourth-order valence-electron chi connectivity index (χ4n) is 3.92. The number of aromatic nitrogens is 7. The average Bonchev–Trinajstić information content (AvgIpc) is 3.47. The van der Waals surface area contributed by atoms with Gasteiger partial charge in [-0.25, -0.2) is 14.4 Å². The molecule has 6 aromatic rings. The summed E-state index contributed by atoms with van der Waals surface area (Å²) in [6, 6.07) is 9.74. The molecule has 0 aliphatic rings. The molecule has 0 fully saturated rings. The van der Waals surface area contributed by atoms with Gasteiger partial charge in [0, 0.05) is 35.0 Å². The van der Waals surface area contributed by atoms with Crippen LogP contribution in [0.3, 0.4) is 0 Å². The van der Waals surface area contributed by atoms with E-state index in [1.54, 1.807) is 36.8 Å². The number of benzene rings is 1. The zero-order valence-corrected chi connectivity index (χ0v) is 17.7. The van der Waals surface area contributed by atoms with Crippen LogP contribution in [-0.2, 0) is 0 Å². The third-order valence-electron chi connectivity index (χ3n) is 5.50. The van der Waals surface area contributed by atoms with Crippen molar-refractivity contribution >= 4 is 22.1 Å². The van der Waals surface area contributed by atoms with Crippen LogP contribution in [0.5, 0.6) is 11.5 Å². The van der Waals surface area contributed by atoms with Crippen molar-refractivity contribution in [1.29, 1.82) is 0 Å². The number of ether oxygens (including phenoxy) is 1. The number of imidazole rings is 1. The second kappa shape index (κ2) is 7.62. The molecule has 0 saturated heterocycles. The van der Waals surface area contributed by atoms with Crippen LogP contribution in [-0.4, -0.2) is 47.3 Å². The van der Waals surface area contributed by atoms with Gasteiger partial charge >= 0.3 is 0 Å². The van der Waals surface area contributed by atoms with E-state index in [0.29, 0.717) is 45.3 Å². The van der Waals surface area contributed by atoms with Gasteiger partial charge in [0.2, 0.25) is 0 Å². The zero-order chi connectivity index (χ0) is 23.2. The van der Waals surface area contributed by atoms with Crippen LogP contribution in [0.1, 0.15) is 0 Å². The first-order valence-electron chi connectivity index (χ1n) is 10.3. The fraction of sp³-hybridized carbons (Fsp3) is 0.0417. The number of nitrogens with zero attached hydrogens (tertiary/aromatic N) is 5. The van der Waals surface area contributed by atoms with Gasteiger partial charge in [-0.15, -0.1) is 0 Å². The highest BCUT2D eigenvalue weighted by Gasteiger charge is 2.17. The Morgan fingerprint density at radius 3 is 2.76 bits per heavy atom. The largest absolute Gasteiger partial charge is 0.506 e. The van der Waals surface area contributed by atoms with Crippen LogP contribution in [0.25, 0.3) is 56.0 Å². The molecule has 0 aliphatic heterocycles. The highest BCUT2D eigenvalue weighted by atomic mass is 19.1. The average molecular weight is 453 g/mol. The Labute approximate surface area is 191 Å². The number of hydrogen-bond donors (Lipinski definition) is 3. The lowest BCUT2D eigenvalue weighted by Gasteiger charge is -2.06. The van der Waals surface area contributed by atoms with E-state index in [-0.39, 0.29) is 5.75 Å². The molecule has 0 radical (unpaired) electrons. The van der Waals surface area contributed by atoms with E-state index in [2.05, 4.69) is 35.1 Å². The molecule has 0 spiro atoms. The van der Waals surface area contributed by atoms with Gasteiger partial charge < -0.3 is 14.8 Å². The number of pyridine rings is 3. The molecule has 6 rings (SSSR count). The normalized spacial score (nSPS) is 11.4. The minimum absolute atomic E-state index is 0.0525. The summed E-state index contributed by atoms with van der Waals surface area (Å²) >= 11 is 0. The van der Waals surface area contributed by atoms with E-state index in [9.17, 15) is 9.50 Å². The molecule has 34 heavy (non-hydrogen) atoms. The second-order valence-electron chi connectivity index (χ2n) is 7.64. The summed E-state index contributed by atoms with van der Waals surface area (Å²) in [6.45, 7) is 0. The minimum Gasteiger partial charge on any atom is -0.506 e. The van der Waals surface area contributed by atoms with Gasteiger partial charge in [-0.1, -0.05) is 0 Å². The SMILES string of the molecule is COc1cc(F)cc(-c2ccnc3nc(-c4n[nH]c5cnc(-c6cncc(O)c6)cc45)[nH]c23)c1. The summed E-state index contributed by atoms with van der Waals surface area (Å²) < 4.78 is 19.4. The number of halogens is 1. The predicted octanol–water partition coefficient (Wildman–Crippen LogP) is 4.48. The Hall–Kier alpha value is -4.86. The van der Waals surface area contributed by atoms with E-state index in [0.717, 1.165) is 16.5 Å². The Morgan fingerprint density at radius 1 is 1.00 bits per heavy atom. The van der Waals surface area contributed by atoms with Gasteiger partial charge in [0.05, 0.1) is 36.2 Å². The third-order valence-corrected chi connectivity index (χ3v) is 5.50. The summed E-state index contributed by atoms with van der Waals surface area (Å²) in [5.41, 5.74) is 5.07. The quantitative estimate of drug-likeness (QED) is 0.359. The molecular weight excluding hydrogens is 437 g/mol. The molecule has 0 bridgehead atoms.